The molecular weight excluding hydrogens is 341 g/mol. The van der Waals surface area contributed by atoms with E-state index in [-0.39, 0.29) is 24.1 Å². The van der Waals surface area contributed by atoms with Crippen LogP contribution in [-0.4, -0.2) is 40.7 Å². The molecule has 1 unspecified atom stereocenters. The number of carbonyl (C=O) groups is 2. The van der Waals surface area contributed by atoms with Crippen LogP contribution in [0.2, 0.25) is 0 Å². The van der Waals surface area contributed by atoms with Crippen molar-refractivity contribution in [2.75, 3.05) is 13.1 Å². The second-order valence-corrected chi connectivity index (χ2v) is 7.15. The third-order valence-electron chi connectivity index (χ3n) is 4.43. The number of nitrogens with zero attached hydrogens (tertiary/aromatic N) is 3. The Morgan fingerprint density at radius 1 is 1.28 bits per heavy atom. The van der Waals surface area contributed by atoms with Gasteiger partial charge in [0.15, 0.2) is 5.17 Å². The monoisotopic (exact) mass is 361 g/mol. The Hall–Kier alpha value is -2.02. The number of benzene rings is 1. The van der Waals surface area contributed by atoms with Crippen molar-refractivity contribution in [1.82, 2.24) is 4.90 Å². The molecule has 0 radical (unpaired) electrons. The lowest BCUT2D eigenvalue weighted by molar-refractivity contribution is -0.133. The number of amides is 2. The largest absolute Gasteiger partial charge is 0.343 e. The van der Waals surface area contributed by atoms with Gasteiger partial charge in [-0.2, -0.15) is 4.99 Å². The molecule has 2 aliphatic heterocycles. The maximum Gasteiger partial charge on any atom is 0.257 e. The van der Waals surface area contributed by atoms with E-state index < -0.39 is 5.92 Å². The molecule has 25 heavy (non-hydrogen) atoms. The molecule has 5 nitrogen and oxygen atoms in total. The zero-order valence-corrected chi connectivity index (χ0v) is 14.9. The summed E-state index contributed by atoms with van der Waals surface area (Å²) in [5, 5.41) is 0.329. The number of aliphatic imine (C=N–C) groups is 2. The number of thioether (sulfide) groups is 1. The molecule has 1 atom stereocenters. The number of hydrogen-bond acceptors (Lipinski definition) is 4. The summed E-state index contributed by atoms with van der Waals surface area (Å²) in [6.45, 7) is 3.28. The molecule has 0 aliphatic carbocycles. The Balaban J connectivity index is 1.61. The highest BCUT2D eigenvalue weighted by Crippen LogP contribution is 2.23. The quantitative estimate of drug-likeness (QED) is 0.828. The van der Waals surface area contributed by atoms with Crippen LogP contribution < -0.4 is 0 Å². The third-order valence-corrected chi connectivity index (χ3v) is 5.33. The molecular formula is C18H20FN3O2S. The minimum absolute atomic E-state index is 0.0111. The van der Waals surface area contributed by atoms with Gasteiger partial charge in [-0.25, -0.2) is 9.38 Å². The van der Waals surface area contributed by atoms with Gasteiger partial charge in [0.2, 0.25) is 5.91 Å². The lowest BCUT2D eigenvalue weighted by atomic mass is 9.98. The first kappa shape index (κ1) is 17.8. The number of amidine groups is 1. The van der Waals surface area contributed by atoms with Gasteiger partial charge in [-0.05, 0) is 31.4 Å². The van der Waals surface area contributed by atoms with Crippen LogP contribution in [0.15, 0.2) is 34.3 Å². The predicted octanol–water partition coefficient (Wildman–Crippen LogP) is 3.04. The first-order valence-corrected chi connectivity index (χ1v) is 9.35. The van der Waals surface area contributed by atoms with Crippen LogP contribution in [-0.2, 0) is 15.3 Å². The normalized spacial score (nSPS) is 20.5. The van der Waals surface area contributed by atoms with Crippen LogP contribution in [0.3, 0.4) is 0 Å². The standard InChI is InChI=1S/C18H20FN3O2S/c1-12-14(10-16(23)22-8-4-5-9-22)17(24)21-18(20-12)25-11-13-6-2-3-7-15(13)19/h2-3,6-7,14H,4-5,8-11H2,1H3. The lowest BCUT2D eigenvalue weighted by Gasteiger charge is -2.21. The molecule has 0 N–H and O–H groups in total. The van der Waals surface area contributed by atoms with Crippen molar-refractivity contribution in [3.8, 4) is 0 Å². The summed E-state index contributed by atoms with van der Waals surface area (Å²) in [5.74, 6) is -0.856. The van der Waals surface area contributed by atoms with Gasteiger partial charge in [-0.3, -0.25) is 9.59 Å². The molecule has 2 aliphatic rings. The molecule has 7 heteroatoms. The average molecular weight is 361 g/mol. The van der Waals surface area contributed by atoms with E-state index in [1.54, 1.807) is 30.0 Å². The van der Waals surface area contributed by atoms with E-state index >= 15 is 0 Å². The van der Waals surface area contributed by atoms with Gasteiger partial charge < -0.3 is 4.90 Å². The van der Waals surface area contributed by atoms with E-state index in [4.69, 9.17) is 0 Å². The zero-order valence-electron chi connectivity index (χ0n) is 14.1. The molecule has 0 aromatic heterocycles. The van der Waals surface area contributed by atoms with E-state index in [1.807, 2.05) is 0 Å². The summed E-state index contributed by atoms with van der Waals surface area (Å²) < 4.78 is 13.7. The van der Waals surface area contributed by atoms with Gasteiger partial charge in [0, 0.05) is 31.0 Å². The molecule has 0 bridgehead atoms. The molecule has 3 rings (SSSR count). The van der Waals surface area contributed by atoms with Crippen LogP contribution >= 0.6 is 11.8 Å². The van der Waals surface area contributed by atoms with E-state index in [1.165, 1.54) is 17.8 Å². The van der Waals surface area contributed by atoms with Crippen LogP contribution in [0.1, 0.15) is 31.7 Å². The smallest absolute Gasteiger partial charge is 0.257 e. The number of carbonyl (C=O) groups excluding carboxylic acids is 2. The molecule has 2 heterocycles. The maximum absolute atomic E-state index is 13.7. The van der Waals surface area contributed by atoms with Crippen molar-refractivity contribution < 1.29 is 14.0 Å². The Bertz CT molecular complexity index is 742. The number of rotatable bonds is 4. The maximum atomic E-state index is 13.7. The molecule has 1 saturated heterocycles. The lowest BCUT2D eigenvalue weighted by Crippen LogP contribution is -2.35. The van der Waals surface area contributed by atoms with Crippen molar-refractivity contribution in [1.29, 1.82) is 0 Å². The second-order valence-electron chi connectivity index (χ2n) is 6.21. The molecule has 2 amide bonds. The fourth-order valence-corrected chi connectivity index (χ4v) is 3.81. The van der Waals surface area contributed by atoms with Crippen molar-refractivity contribution in [3.05, 3.63) is 35.6 Å². The van der Waals surface area contributed by atoms with Gasteiger partial charge in [-0.1, -0.05) is 30.0 Å². The van der Waals surface area contributed by atoms with E-state index in [9.17, 15) is 14.0 Å². The average Bonchev–Trinajstić information content (AvgIpc) is 3.12. The summed E-state index contributed by atoms with van der Waals surface area (Å²) in [7, 11) is 0. The van der Waals surface area contributed by atoms with Gasteiger partial charge in [0.05, 0.1) is 5.92 Å². The highest BCUT2D eigenvalue weighted by atomic mass is 32.2. The second kappa shape index (κ2) is 7.91. The number of hydrogen-bond donors (Lipinski definition) is 0. The fraction of sp³-hybridized carbons (Fsp3) is 0.444. The Kier molecular flexibility index (Phi) is 5.63. The summed E-state index contributed by atoms with van der Waals surface area (Å²) in [6, 6.07) is 6.50. The minimum Gasteiger partial charge on any atom is -0.343 e. The van der Waals surface area contributed by atoms with Crippen LogP contribution in [0.5, 0.6) is 0 Å². The van der Waals surface area contributed by atoms with E-state index in [2.05, 4.69) is 9.98 Å². The zero-order chi connectivity index (χ0) is 17.8. The molecule has 132 valence electrons. The van der Waals surface area contributed by atoms with Crippen LogP contribution in [0.4, 0.5) is 4.39 Å². The topological polar surface area (TPSA) is 62.1 Å². The summed E-state index contributed by atoms with van der Waals surface area (Å²) >= 11 is 1.22. The van der Waals surface area contributed by atoms with E-state index in [0.29, 0.717) is 22.2 Å². The Morgan fingerprint density at radius 3 is 2.68 bits per heavy atom. The SMILES string of the molecule is CC1=NC(SCc2ccccc2F)=NC(=O)C1CC(=O)N1CCCC1. The molecule has 1 aromatic rings. The summed E-state index contributed by atoms with van der Waals surface area (Å²) in [6.07, 6.45) is 2.17. The number of likely N-dealkylation sites (tertiary alicyclic amines) is 1. The molecule has 0 spiro atoms. The Labute approximate surface area is 150 Å². The molecule has 1 aromatic carbocycles. The molecule has 0 saturated carbocycles. The number of halogens is 1. The minimum atomic E-state index is -0.578. The highest BCUT2D eigenvalue weighted by molar-refractivity contribution is 8.13. The van der Waals surface area contributed by atoms with Crippen molar-refractivity contribution in [2.45, 2.75) is 31.9 Å². The highest BCUT2D eigenvalue weighted by Gasteiger charge is 2.31. The summed E-state index contributed by atoms with van der Waals surface area (Å²) in [5.41, 5.74) is 1.14. The van der Waals surface area contributed by atoms with Gasteiger partial charge in [0.1, 0.15) is 5.82 Å². The first-order valence-electron chi connectivity index (χ1n) is 8.36. The van der Waals surface area contributed by atoms with Crippen molar-refractivity contribution in [3.63, 3.8) is 0 Å². The van der Waals surface area contributed by atoms with Crippen molar-refractivity contribution >= 4 is 34.5 Å². The molecule has 1 fully saturated rings. The predicted molar refractivity (Wildman–Crippen MR) is 97.2 cm³/mol. The van der Waals surface area contributed by atoms with Crippen LogP contribution in [0.25, 0.3) is 0 Å². The Morgan fingerprint density at radius 2 is 2.00 bits per heavy atom. The van der Waals surface area contributed by atoms with Gasteiger partial charge in [-0.15, -0.1) is 0 Å². The fourth-order valence-electron chi connectivity index (χ4n) is 2.93. The van der Waals surface area contributed by atoms with E-state index in [0.717, 1.165) is 25.9 Å². The van der Waals surface area contributed by atoms with Gasteiger partial charge in [0.25, 0.3) is 5.91 Å². The third kappa shape index (κ3) is 4.34. The summed E-state index contributed by atoms with van der Waals surface area (Å²) in [4.78, 5) is 34.7. The first-order chi connectivity index (χ1) is 12.0. The van der Waals surface area contributed by atoms with Gasteiger partial charge >= 0.3 is 0 Å². The van der Waals surface area contributed by atoms with Crippen molar-refractivity contribution in [2.24, 2.45) is 15.9 Å². The van der Waals surface area contributed by atoms with Crippen LogP contribution in [0, 0.1) is 11.7 Å².